The van der Waals surface area contributed by atoms with Crippen molar-refractivity contribution in [3.05, 3.63) is 222 Å². The van der Waals surface area contributed by atoms with Crippen molar-refractivity contribution in [3.63, 3.8) is 0 Å². The van der Waals surface area contributed by atoms with E-state index in [1.807, 2.05) is 48.5 Å². The van der Waals surface area contributed by atoms with Crippen LogP contribution in [0, 0.1) is 0 Å². The predicted octanol–water partition coefficient (Wildman–Crippen LogP) is 13.5. The number of benzene rings is 8. The molecular weight excluding hydrogens is 721 g/mol. The van der Waals surface area contributed by atoms with Gasteiger partial charge < -0.3 is 14.6 Å². The van der Waals surface area contributed by atoms with Crippen molar-refractivity contribution in [2.24, 2.45) is 9.98 Å². The number of nitrogens with one attached hydrogen (secondary N) is 1. The van der Waals surface area contributed by atoms with E-state index in [9.17, 15) is 0 Å². The van der Waals surface area contributed by atoms with Crippen molar-refractivity contribution in [2.45, 2.75) is 25.4 Å². The SMILES string of the molecule is CC1(C)c2ccccc2-c2ccc(N(c3ccccc3)c3ccc(-c4cc(C5N=C(c6ccccc6)N=C(c6ccccc6)N5)c5c(c4)oc4ccccc45)cc3)cc21. The molecule has 2 aliphatic rings. The zero-order chi connectivity index (χ0) is 39.5. The monoisotopic (exact) mass is 760 g/mol. The molecule has 9 aromatic rings. The summed E-state index contributed by atoms with van der Waals surface area (Å²) in [6.07, 6.45) is -0.426. The maximum absolute atomic E-state index is 6.61. The quantitative estimate of drug-likeness (QED) is 0.176. The molecule has 1 aromatic heterocycles. The minimum absolute atomic E-state index is 0.103. The summed E-state index contributed by atoms with van der Waals surface area (Å²) in [5, 5.41) is 5.81. The summed E-state index contributed by atoms with van der Waals surface area (Å²) in [4.78, 5) is 12.7. The first-order valence-corrected chi connectivity index (χ1v) is 20.2. The lowest BCUT2D eigenvalue weighted by Gasteiger charge is -2.28. The van der Waals surface area contributed by atoms with Crippen LogP contribution >= 0.6 is 0 Å². The highest BCUT2D eigenvalue weighted by Crippen LogP contribution is 2.50. The Labute approximate surface area is 343 Å². The van der Waals surface area contributed by atoms with Crippen molar-refractivity contribution in [2.75, 3.05) is 4.90 Å². The number of hydrogen-bond donors (Lipinski definition) is 1. The van der Waals surface area contributed by atoms with Crippen molar-refractivity contribution >= 4 is 50.7 Å². The normalized spacial score (nSPS) is 15.3. The van der Waals surface area contributed by atoms with Gasteiger partial charge in [-0.15, -0.1) is 0 Å². The summed E-state index contributed by atoms with van der Waals surface area (Å²) in [7, 11) is 0. The number of furan rings is 1. The Morgan fingerprint density at radius 2 is 1.14 bits per heavy atom. The fraction of sp³-hybridized carbons (Fsp3) is 0.0741. The molecule has 1 aliphatic carbocycles. The summed E-state index contributed by atoms with van der Waals surface area (Å²) < 4.78 is 6.61. The lowest BCUT2D eigenvalue weighted by molar-refractivity contribution is 0.660. The Morgan fingerprint density at radius 3 is 1.92 bits per heavy atom. The Hall–Kier alpha value is -7.50. The highest BCUT2D eigenvalue weighted by molar-refractivity contribution is 6.14. The maximum atomic E-state index is 6.61. The van der Waals surface area contributed by atoms with Crippen molar-refractivity contribution in [3.8, 4) is 22.3 Å². The minimum atomic E-state index is -0.426. The molecular formula is C54H40N4O. The van der Waals surface area contributed by atoms with E-state index in [0.29, 0.717) is 5.84 Å². The lowest BCUT2D eigenvalue weighted by Crippen LogP contribution is -2.33. The number of amidine groups is 2. The molecule has 11 rings (SSSR count). The van der Waals surface area contributed by atoms with Gasteiger partial charge in [0.2, 0.25) is 0 Å². The van der Waals surface area contributed by atoms with Crippen molar-refractivity contribution in [1.29, 1.82) is 0 Å². The second-order valence-corrected chi connectivity index (χ2v) is 15.8. The molecule has 5 heteroatoms. The number of fused-ring (bicyclic) bond motifs is 6. The molecule has 2 heterocycles. The second kappa shape index (κ2) is 13.9. The van der Waals surface area contributed by atoms with Crippen molar-refractivity contribution < 1.29 is 4.42 Å². The van der Waals surface area contributed by atoms with Crippen LogP contribution in [0.5, 0.6) is 0 Å². The topological polar surface area (TPSA) is 53.1 Å². The van der Waals surface area contributed by atoms with Crippen LogP contribution in [0.15, 0.2) is 209 Å². The van der Waals surface area contributed by atoms with Gasteiger partial charge >= 0.3 is 0 Å². The van der Waals surface area contributed by atoms with Gasteiger partial charge in [-0.1, -0.05) is 153 Å². The fourth-order valence-electron chi connectivity index (χ4n) is 9.00. The van der Waals surface area contributed by atoms with E-state index in [4.69, 9.17) is 14.4 Å². The molecule has 0 fully saturated rings. The standard InChI is InChI=1S/C54H40N4O/c1-54(2)46-24-14-12-22-42(46)43-31-30-41(34-47(43)54)58(39-20-10-5-11-21-39)40-28-26-35(27-29-40)38-32-45(50-44-23-13-15-25-48(44)59-49(50)33-38)53-56-51(36-16-6-3-7-17-36)55-52(57-53)37-18-8-4-9-19-37/h3-34,53H,1-2H3,(H,55,56,57). The molecule has 1 unspecified atom stereocenters. The van der Waals surface area contributed by atoms with Crippen LogP contribution in [-0.2, 0) is 5.41 Å². The van der Waals surface area contributed by atoms with Gasteiger partial charge in [0, 0.05) is 49.9 Å². The number of anilines is 3. The van der Waals surface area contributed by atoms with Gasteiger partial charge in [0.25, 0.3) is 0 Å². The molecule has 5 nitrogen and oxygen atoms in total. The minimum Gasteiger partial charge on any atom is -0.456 e. The lowest BCUT2D eigenvalue weighted by atomic mass is 9.82. The Balaban J connectivity index is 1.03. The second-order valence-electron chi connectivity index (χ2n) is 15.8. The van der Waals surface area contributed by atoms with Gasteiger partial charge in [-0.25, -0.2) is 9.98 Å². The molecule has 0 radical (unpaired) electrons. The zero-order valence-corrected chi connectivity index (χ0v) is 32.8. The molecule has 0 saturated carbocycles. The van der Waals surface area contributed by atoms with Crippen LogP contribution in [0.1, 0.15) is 47.8 Å². The Bertz CT molecular complexity index is 3090. The molecule has 282 valence electrons. The highest BCUT2D eigenvalue weighted by Gasteiger charge is 2.36. The third kappa shape index (κ3) is 5.93. The van der Waals surface area contributed by atoms with Gasteiger partial charge in [-0.05, 0) is 88.0 Å². The summed E-state index contributed by atoms with van der Waals surface area (Å²) in [5.74, 6) is 1.46. The molecule has 8 aromatic carbocycles. The van der Waals surface area contributed by atoms with Crippen molar-refractivity contribution in [1.82, 2.24) is 5.32 Å². The summed E-state index contributed by atoms with van der Waals surface area (Å²) in [5.41, 5.74) is 15.3. The summed E-state index contributed by atoms with van der Waals surface area (Å²) in [6, 6.07) is 68.4. The first kappa shape index (κ1) is 34.7. The van der Waals surface area contributed by atoms with E-state index in [0.717, 1.165) is 72.7 Å². The first-order valence-electron chi connectivity index (χ1n) is 20.2. The molecule has 1 aliphatic heterocycles. The van der Waals surface area contributed by atoms with E-state index in [-0.39, 0.29) is 5.41 Å². The van der Waals surface area contributed by atoms with E-state index in [1.54, 1.807) is 0 Å². The molecule has 0 spiro atoms. The van der Waals surface area contributed by atoms with Crippen LogP contribution < -0.4 is 10.2 Å². The summed E-state index contributed by atoms with van der Waals surface area (Å²) >= 11 is 0. The van der Waals surface area contributed by atoms with E-state index in [2.05, 4.69) is 170 Å². The summed E-state index contributed by atoms with van der Waals surface area (Å²) in [6.45, 7) is 4.67. The first-order chi connectivity index (χ1) is 29.0. The molecule has 1 N–H and O–H groups in total. The Morgan fingerprint density at radius 1 is 0.508 bits per heavy atom. The third-order valence-corrected chi connectivity index (χ3v) is 11.9. The third-order valence-electron chi connectivity index (χ3n) is 11.9. The van der Waals surface area contributed by atoms with Gasteiger partial charge in [0.15, 0.2) is 5.84 Å². The average molecular weight is 761 g/mol. The Kier molecular flexibility index (Phi) is 8.16. The van der Waals surface area contributed by atoms with Gasteiger partial charge in [-0.2, -0.15) is 0 Å². The van der Waals surface area contributed by atoms with Crippen LogP contribution in [0.25, 0.3) is 44.2 Å². The number of para-hydroxylation sites is 2. The number of nitrogens with zero attached hydrogens (tertiary/aromatic N) is 3. The largest absolute Gasteiger partial charge is 0.456 e. The van der Waals surface area contributed by atoms with Gasteiger partial charge in [0.1, 0.15) is 23.2 Å². The number of rotatable bonds is 7. The van der Waals surface area contributed by atoms with Crippen LogP contribution in [0.4, 0.5) is 17.1 Å². The van der Waals surface area contributed by atoms with Crippen LogP contribution in [0.3, 0.4) is 0 Å². The smallest absolute Gasteiger partial charge is 0.159 e. The zero-order valence-electron chi connectivity index (χ0n) is 32.8. The fourth-order valence-corrected chi connectivity index (χ4v) is 9.00. The molecule has 0 amide bonds. The predicted molar refractivity (Wildman–Crippen MR) is 243 cm³/mol. The van der Waals surface area contributed by atoms with Gasteiger partial charge in [-0.3, -0.25) is 0 Å². The van der Waals surface area contributed by atoms with E-state index < -0.39 is 6.17 Å². The molecule has 1 atom stereocenters. The van der Waals surface area contributed by atoms with Gasteiger partial charge in [0.05, 0.1) is 0 Å². The highest BCUT2D eigenvalue weighted by atomic mass is 16.3. The molecule has 0 bridgehead atoms. The van der Waals surface area contributed by atoms with E-state index >= 15 is 0 Å². The number of hydrogen-bond acceptors (Lipinski definition) is 5. The number of aliphatic imine (C=N–C) groups is 2. The van der Waals surface area contributed by atoms with Crippen LogP contribution in [0.2, 0.25) is 0 Å². The van der Waals surface area contributed by atoms with Crippen LogP contribution in [-0.4, -0.2) is 11.7 Å². The average Bonchev–Trinajstić information content (AvgIpc) is 3.79. The maximum Gasteiger partial charge on any atom is 0.159 e. The molecule has 59 heavy (non-hydrogen) atoms. The molecule has 0 saturated heterocycles. The van der Waals surface area contributed by atoms with E-state index in [1.165, 1.54) is 22.3 Å².